The summed E-state index contributed by atoms with van der Waals surface area (Å²) < 4.78 is 0. The predicted molar refractivity (Wildman–Crippen MR) is 103 cm³/mol. The van der Waals surface area contributed by atoms with E-state index in [1.807, 2.05) is 24.3 Å². The van der Waals surface area contributed by atoms with Crippen LogP contribution in [0.25, 0.3) is 11.0 Å². The lowest BCUT2D eigenvalue weighted by Crippen LogP contribution is -2.47. The first-order chi connectivity index (χ1) is 11.1. The van der Waals surface area contributed by atoms with E-state index >= 15 is 0 Å². The molecule has 0 radical (unpaired) electrons. The largest absolute Gasteiger partial charge is 0.353 e. The van der Waals surface area contributed by atoms with Gasteiger partial charge in [0, 0.05) is 12.1 Å². The number of nitrogens with one attached hydrogen (secondary N) is 3. The average molecular weight is 369 g/mol. The van der Waals surface area contributed by atoms with Crippen LogP contribution in [0.2, 0.25) is 0 Å². The second kappa shape index (κ2) is 8.74. The number of piperidine rings is 1. The summed E-state index contributed by atoms with van der Waals surface area (Å²) in [5, 5.41) is 6.72. The normalized spacial score (nSPS) is 21.9. The number of aromatic nitrogens is 2. The first-order valence-corrected chi connectivity index (χ1v) is 9.25. The predicted octanol–water partition coefficient (Wildman–Crippen LogP) is 3.04. The van der Waals surface area contributed by atoms with Gasteiger partial charge >= 0.3 is 0 Å². The number of nitrogens with zero attached hydrogens (tertiary/aromatic N) is 1. The Morgan fingerprint density at radius 2 is 2.25 bits per heavy atom. The van der Waals surface area contributed by atoms with Crippen molar-refractivity contribution in [2.75, 3.05) is 12.3 Å². The van der Waals surface area contributed by atoms with Crippen molar-refractivity contribution in [3.63, 3.8) is 0 Å². The summed E-state index contributed by atoms with van der Waals surface area (Å²) in [6, 6.07) is 8.79. The smallest absolute Gasteiger partial charge is 0.230 e. The zero-order chi connectivity index (χ0) is 16.2. The molecule has 1 aromatic carbocycles. The Labute approximate surface area is 153 Å². The molecule has 7 heteroatoms. The molecule has 5 nitrogen and oxygen atoms in total. The third kappa shape index (κ3) is 4.88. The molecule has 3 rings (SSSR count). The maximum absolute atomic E-state index is 12.1. The number of carbonyl (C=O) groups is 1. The molecule has 3 N–H and O–H groups in total. The number of H-pyrrole nitrogens is 1. The van der Waals surface area contributed by atoms with E-state index in [0.29, 0.717) is 17.8 Å². The Hall–Kier alpha value is -1.24. The van der Waals surface area contributed by atoms with Crippen molar-refractivity contribution < 1.29 is 4.79 Å². The van der Waals surface area contributed by atoms with E-state index in [0.717, 1.165) is 36.2 Å². The zero-order valence-corrected chi connectivity index (χ0v) is 15.7. The van der Waals surface area contributed by atoms with E-state index in [1.165, 1.54) is 0 Å². The van der Waals surface area contributed by atoms with E-state index < -0.39 is 0 Å². The summed E-state index contributed by atoms with van der Waals surface area (Å²) >= 11 is 1.62. The van der Waals surface area contributed by atoms with Crippen molar-refractivity contribution in [3.05, 3.63) is 30.1 Å². The Kier molecular flexibility index (Phi) is 6.95. The van der Waals surface area contributed by atoms with Gasteiger partial charge in [0.1, 0.15) is 5.82 Å². The van der Waals surface area contributed by atoms with Gasteiger partial charge in [-0.2, -0.15) is 0 Å². The van der Waals surface area contributed by atoms with Crippen molar-refractivity contribution >= 4 is 41.1 Å². The number of para-hydroxylation sites is 2. The molecule has 3 atom stereocenters. The van der Waals surface area contributed by atoms with Crippen LogP contribution in [0.5, 0.6) is 0 Å². The van der Waals surface area contributed by atoms with Crippen molar-refractivity contribution in [1.82, 2.24) is 20.6 Å². The van der Waals surface area contributed by atoms with Crippen LogP contribution in [0.4, 0.5) is 0 Å². The van der Waals surface area contributed by atoms with Gasteiger partial charge < -0.3 is 15.6 Å². The van der Waals surface area contributed by atoms with Crippen molar-refractivity contribution in [1.29, 1.82) is 0 Å². The number of imidazole rings is 1. The van der Waals surface area contributed by atoms with Crippen LogP contribution in [-0.2, 0) is 4.79 Å². The van der Waals surface area contributed by atoms with Crippen LogP contribution in [0.3, 0.4) is 0 Å². The quantitative estimate of drug-likeness (QED) is 0.758. The van der Waals surface area contributed by atoms with E-state index in [-0.39, 0.29) is 23.6 Å². The molecule has 3 unspecified atom stereocenters. The topological polar surface area (TPSA) is 69.8 Å². The Balaban J connectivity index is 0.00000208. The first-order valence-electron chi connectivity index (χ1n) is 8.21. The Morgan fingerprint density at radius 1 is 1.46 bits per heavy atom. The number of amides is 1. The van der Waals surface area contributed by atoms with Gasteiger partial charge in [0.05, 0.1) is 22.0 Å². The number of carbonyl (C=O) groups excluding carboxylic acids is 1. The minimum atomic E-state index is 0. The molecule has 2 aromatic rings. The average Bonchev–Trinajstić information content (AvgIpc) is 2.97. The lowest BCUT2D eigenvalue weighted by Gasteiger charge is -2.28. The van der Waals surface area contributed by atoms with Crippen LogP contribution in [0, 0.1) is 0 Å². The third-order valence-electron chi connectivity index (χ3n) is 4.25. The number of hydrogen-bond donors (Lipinski definition) is 3. The molecule has 1 aliphatic heterocycles. The number of rotatable bonds is 5. The van der Waals surface area contributed by atoms with Gasteiger partial charge in [0.25, 0.3) is 0 Å². The van der Waals surface area contributed by atoms with Crippen LogP contribution < -0.4 is 10.6 Å². The second-order valence-corrected chi connectivity index (χ2v) is 7.57. The van der Waals surface area contributed by atoms with Gasteiger partial charge in [0.15, 0.2) is 0 Å². The highest BCUT2D eigenvalue weighted by molar-refractivity contribution is 8.00. The maximum atomic E-state index is 12.1. The van der Waals surface area contributed by atoms with Gasteiger partial charge in [-0.25, -0.2) is 4.98 Å². The fourth-order valence-electron chi connectivity index (χ4n) is 2.98. The fourth-order valence-corrected chi connectivity index (χ4v) is 3.73. The highest BCUT2D eigenvalue weighted by atomic mass is 35.5. The highest BCUT2D eigenvalue weighted by Crippen LogP contribution is 2.27. The van der Waals surface area contributed by atoms with Gasteiger partial charge in [0.2, 0.25) is 5.91 Å². The molecule has 2 heterocycles. The number of benzene rings is 1. The van der Waals surface area contributed by atoms with Crippen LogP contribution in [0.1, 0.15) is 37.8 Å². The molecule has 132 valence electrons. The maximum Gasteiger partial charge on any atom is 0.230 e. The summed E-state index contributed by atoms with van der Waals surface area (Å²) in [5.41, 5.74) is 2.02. The number of aromatic amines is 1. The molecule has 1 aliphatic rings. The van der Waals surface area contributed by atoms with Crippen molar-refractivity contribution in [2.24, 2.45) is 0 Å². The summed E-state index contributed by atoms with van der Waals surface area (Å²) in [7, 11) is 0. The number of halogens is 1. The minimum Gasteiger partial charge on any atom is -0.353 e. The molecule has 1 amide bonds. The third-order valence-corrected chi connectivity index (χ3v) is 5.40. The first kappa shape index (κ1) is 19.1. The highest BCUT2D eigenvalue weighted by Gasteiger charge is 2.20. The lowest BCUT2D eigenvalue weighted by atomic mass is 10.0. The molecule has 1 fully saturated rings. The molecule has 24 heavy (non-hydrogen) atoms. The lowest BCUT2D eigenvalue weighted by molar-refractivity contribution is -0.119. The van der Waals surface area contributed by atoms with E-state index in [9.17, 15) is 4.79 Å². The van der Waals surface area contributed by atoms with Gasteiger partial charge in [-0.3, -0.25) is 4.79 Å². The van der Waals surface area contributed by atoms with Gasteiger partial charge in [-0.15, -0.1) is 24.2 Å². The van der Waals surface area contributed by atoms with Gasteiger partial charge in [-0.05, 0) is 45.4 Å². The summed E-state index contributed by atoms with van der Waals surface area (Å²) in [5.74, 6) is 1.52. The van der Waals surface area contributed by atoms with E-state index in [4.69, 9.17) is 0 Å². The van der Waals surface area contributed by atoms with Gasteiger partial charge in [-0.1, -0.05) is 12.1 Å². The minimum absolute atomic E-state index is 0. The van der Waals surface area contributed by atoms with Crippen LogP contribution >= 0.6 is 24.2 Å². The molecular weight excluding hydrogens is 344 g/mol. The molecular formula is C17H25ClN4OS. The van der Waals surface area contributed by atoms with Crippen molar-refractivity contribution in [2.45, 2.75) is 44.0 Å². The van der Waals surface area contributed by atoms with E-state index in [2.05, 4.69) is 34.4 Å². The molecule has 1 aromatic heterocycles. The molecule has 1 saturated heterocycles. The van der Waals surface area contributed by atoms with E-state index in [1.54, 1.807) is 11.8 Å². The van der Waals surface area contributed by atoms with Crippen molar-refractivity contribution in [3.8, 4) is 0 Å². The summed E-state index contributed by atoms with van der Waals surface area (Å²) in [6.45, 7) is 5.23. The van der Waals surface area contributed by atoms with Crippen LogP contribution in [-0.4, -0.2) is 40.3 Å². The Morgan fingerprint density at radius 3 is 3.00 bits per heavy atom. The molecule has 0 bridgehead atoms. The SMILES string of the molecule is CC1CC(NC(=O)CSC(C)c2nc3ccccc3[nH]2)CCN1.Cl. The zero-order valence-electron chi connectivity index (χ0n) is 14.0. The molecule has 0 spiro atoms. The summed E-state index contributed by atoms with van der Waals surface area (Å²) in [4.78, 5) is 20.1. The number of fused-ring (bicyclic) bond motifs is 1. The van der Waals surface area contributed by atoms with Crippen LogP contribution in [0.15, 0.2) is 24.3 Å². The monoisotopic (exact) mass is 368 g/mol. The fraction of sp³-hybridized carbons (Fsp3) is 0.529. The Bertz CT molecular complexity index is 644. The number of hydrogen-bond acceptors (Lipinski definition) is 4. The number of thioether (sulfide) groups is 1. The second-order valence-electron chi connectivity index (χ2n) is 6.24. The summed E-state index contributed by atoms with van der Waals surface area (Å²) in [6.07, 6.45) is 2.02. The molecule has 0 saturated carbocycles. The molecule has 0 aliphatic carbocycles. The standard InChI is InChI=1S/C17H24N4OS.ClH/c1-11-9-13(7-8-18-11)19-16(22)10-23-12(2)17-20-14-5-3-4-6-15(14)21-17;/h3-6,11-13,18H,7-10H2,1-2H3,(H,19,22)(H,20,21);1H.